The molecule has 3 rings (SSSR count). The zero-order chi connectivity index (χ0) is 13.8. The van der Waals surface area contributed by atoms with Gasteiger partial charge in [0.25, 0.3) is 0 Å². The highest BCUT2D eigenvalue weighted by Gasteiger charge is 2.48. The summed E-state index contributed by atoms with van der Waals surface area (Å²) in [6.45, 7) is 6.10. The van der Waals surface area contributed by atoms with Crippen LogP contribution in [-0.2, 0) is 10.2 Å². The molecule has 1 aromatic rings. The number of aromatic nitrogens is 1. The fourth-order valence-corrected chi connectivity index (χ4v) is 3.17. The maximum atomic E-state index is 11.8. The number of carbonyl (C=O) groups is 1. The second-order valence-corrected chi connectivity index (χ2v) is 6.90. The smallest absolute Gasteiger partial charge is 0.376 e. The fourth-order valence-electron chi connectivity index (χ4n) is 3.17. The van der Waals surface area contributed by atoms with E-state index in [0.29, 0.717) is 5.92 Å². The fraction of sp³-hybridized carbons (Fsp3) is 0.733. The molecule has 4 nitrogen and oxygen atoms in total. The molecule has 1 heterocycles. The van der Waals surface area contributed by atoms with E-state index in [1.54, 1.807) is 0 Å². The number of rotatable bonds is 2. The van der Waals surface area contributed by atoms with Crippen molar-refractivity contribution < 1.29 is 13.9 Å². The van der Waals surface area contributed by atoms with Crippen LogP contribution in [0, 0.1) is 11.8 Å². The maximum absolute atomic E-state index is 11.8. The number of ether oxygens (including phenoxy) is 1. The largest absolute Gasteiger partial charge is 0.463 e. The topological polar surface area (TPSA) is 52.3 Å². The molecule has 0 amide bonds. The Kier molecular flexibility index (Phi) is 2.73. The lowest BCUT2D eigenvalue weighted by atomic mass is 9.91. The molecule has 1 aromatic heterocycles. The van der Waals surface area contributed by atoms with Crippen molar-refractivity contribution in [1.82, 2.24) is 4.98 Å². The predicted octanol–water partition coefficient (Wildman–Crippen LogP) is 3.27. The summed E-state index contributed by atoms with van der Waals surface area (Å²) in [5.74, 6) is 2.73. The van der Waals surface area contributed by atoms with Gasteiger partial charge in [0.2, 0.25) is 5.76 Å². The van der Waals surface area contributed by atoms with E-state index in [4.69, 9.17) is 9.15 Å². The summed E-state index contributed by atoms with van der Waals surface area (Å²) in [5, 5.41) is 0. The molecule has 2 fully saturated rings. The van der Waals surface area contributed by atoms with E-state index < -0.39 is 5.97 Å². The summed E-state index contributed by atoms with van der Waals surface area (Å²) in [4.78, 5) is 16.4. The van der Waals surface area contributed by atoms with Gasteiger partial charge >= 0.3 is 5.97 Å². The summed E-state index contributed by atoms with van der Waals surface area (Å²) in [5.41, 5.74) is 0.502. The molecule has 0 N–H and O–H groups in total. The average Bonchev–Trinajstić information content (AvgIpc) is 2.82. The van der Waals surface area contributed by atoms with Gasteiger partial charge in [-0.1, -0.05) is 20.8 Å². The number of carbonyl (C=O) groups excluding carboxylic acids is 1. The van der Waals surface area contributed by atoms with Crippen LogP contribution in [0.1, 0.15) is 68.1 Å². The van der Waals surface area contributed by atoms with E-state index >= 15 is 0 Å². The van der Waals surface area contributed by atoms with E-state index in [0.717, 1.165) is 36.3 Å². The highest BCUT2D eigenvalue weighted by Crippen LogP contribution is 2.57. The number of hydrogen-bond donors (Lipinski definition) is 0. The summed E-state index contributed by atoms with van der Waals surface area (Å²) < 4.78 is 10.6. The quantitative estimate of drug-likeness (QED) is 0.768. The summed E-state index contributed by atoms with van der Waals surface area (Å²) in [6.07, 6.45) is 3.69. The highest BCUT2D eigenvalue weighted by atomic mass is 16.5. The van der Waals surface area contributed by atoms with Crippen LogP contribution < -0.4 is 0 Å². The Morgan fingerprint density at radius 2 is 1.89 bits per heavy atom. The number of esters is 1. The third kappa shape index (κ3) is 2.17. The number of oxazole rings is 1. The normalized spacial score (nSPS) is 29.2. The van der Waals surface area contributed by atoms with Crippen LogP contribution in [0.2, 0.25) is 0 Å². The predicted molar refractivity (Wildman–Crippen MR) is 70.1 cm³/mol. The van der Waals surface area contributed by atoms with Gasteiger partial charge in [-0.05, 0) is 31.1 Å². The first-order chi connectivity index (χ1) is 8.90. The van der Waals surface area contributed by atoms with E-state index in [-0.39, 0.29) is 11.2 Å². The Morgan fingerprint density at radius 3 is 2.42 bits per heavy atom. The Hall–Kier alpha value is -1.32. The van der Waals surface area contributed by atoms with Crippen molar-refractivity contribution in [2.75, 3.05) is 7.11 Å². The minimum absolute atomic E-state index is 0.215. The highest BCUT2D eigenvalue weighted by molar-refractivity contribution is 5.87. The van der Waals surface area contributed by atoms with Gasteiger partial charge in [0.15, 0.2) is 5.89 Å². The van der Waals surface area contributed by atoms with Crippen LogP contribution in [0.15, 0.2) is 4.42 Å². The summed E-state index contributed by atoms with van der Waals surface area (Å²) >= 11 is 0. The minimum Gasteiger partial charge on any atom is -0.463 e. The first-order valence-corrected chi connectivity index (χ1v) is 6.99. The first kappa shape index (κ1) is 12.7. The third-order valence-electron chi connectivity index (χ3n) is 4.32. The number of nitrogens with zero attached hydrogens (tertiary/aromatic N) is 1. The molecule has 0 saturated heterocycles. The lowest BCUT2D eigenvalue weighted by Crippen LogP contribution is -2.17. The zero-order valence-electron chi connectivity index (χ0n) is 12.0. The molecule has 2 atom stereocenters. The van der Waals surface area contributed by atoms with Crippen LogP contribution in [0.25, 0.3) is 0 Å². The standard InChI is InChI=1S/C15H21NO3/c1-15(2,3)12-11(14(17)18-4)19-13(16-12)10-6-8-5-9(8)7-10/h8-10H,5-7H2,1-4H3. The molecule has 104 valence electrons. The van der Waals surface area contributed by atoms with E-state index in [9.17, 15) is 4.79 Å². The number of fused-ring (bicyclic) bond motifs is 1. The van der Waals surface area contributed by atoms with Crippen LogP contribution in [0.5, 0.6) is 0 Å². The lowest BCUT2D eigenvalue weighted by molar-refractivity contribution is 0.0558. The summed E-state index contributed by atoms with van der Waals surface area (Å²) in [6, 6.07) is 0. The molecule has 0 bridgehead atoms. The molecule has 2 saturated carbocycles. The van der Waals surface area contributed by atoms with Crippen LogP contribution in [0.3, 0.4) is 0 Å². The van der Waals surface area contributed by atoms with E-state index in [1.807, 2.05) is 20.8 Å². The van der Waals surface area contributed by atoms with Gasteiger partial charge in [-0.3, -0.25) is 0 Å². The van der Waals surface area contributed by atoms with Gasteiger partial charge in [0, 0.05) is 11.3 Å². The van der Waals surface area contributed by atoms with Crippen molar-refractivity contribution in [2.24, 2.45) is 11.8 Å². The van der Waals surface area contributed by atoms with Gasteiger partial charge in [-0.25, -0.2) is 9.78 Å². The molecule has 19 heavy (non-hydrogen) atoms. The Morgan fingerprint density at radius 1 is 1.26 bits per heavy atom. The molecule has 2 unspecified atom stereocenters. The maximum Gasteiger partial charge on any atom is 0.376 e. The van der Waals surface area contributed by atoms with Gasteiger partial charge in [-0.15, -0.1) is 0 Å². The molecule has 0 aliphatic heterocycles. The third-order valence-corrected chi connectivity index (χ3v) is 4.32. The van der Waals surface area contributed by atoms with Crippen molar-refractivity contribution in [3.05, 3.63) is 17.3 Å². The zero-order valence-corrected chi connectivity index (χ0v) is 12.0. The molecule has 0 aromatic carbocycles. The molecular weight excluding hydrogens is 242 g/mol. The lowest BCUT2D eigenvalue weighted by Gasteiger charge is -2.15. The summed E-state index contributed by atoms with van der Waals surface area (Å²) in [7, 11) is 1.38. The number of methoxy groups -OCH3 is 1. The first-order valence-electron chi connectivity index (χ1n) is 6.99. The molecule has 2 aliphatic rings. The van der Waals surface area contributed by atoms with E-state index in [2.05, 4.69) is 4.98 Å². The van der Waals surface area contributed by atoms with Crippen molar-refractivity contribution in [3.8, 4) is 0 Å². The SMILES string of the molecule is COC(=O)c1oc(C2CC3CC3C2)nc1C(C)(C)C. The molecular formula is C15H21NO3. The van der Waals surface area contributed by atoms with Crippen molar-refractivity contribution >= 4 is 5.97 Å². The molecule has 0 spiro atoms. The second-order valence-electron chi connectivity index (χ2n) is 6.90. The molecule has 2 aliphatic carbocycles. The average molecular weight is 263 g/mol. The van der Waals surface area contributed by atoms with Crippen LogP contribution in [0.4, 0.5) is 0 Å². The van der Waals surface area contributed by atoms with Gasteiger partial charge in [0.1, 0.15) is 0 Å². The second kappa shape index (κ2) is 4.09. The van der Waals surface area contributed by atoms with Gasteiger partial charge in [0.05, 0.1) is 12.8 Å². The number of hydrogen-bond acceptors (Lipinski definition) is 4. The van der Waals surface area contributed by atoms with Crippen molar-refractivity contribution in [3.63, 3.8) is 0 Å². The monoisotopic (exact) mass is 263 g/mol. The minimum atomic E-state index is -0.424. The van der Waals surface area contributed by atoms with Gasteiger partial charge in [-0.2, -0.15) is 0 Å². The van der Waals surface area contributed by atoms with Crippen molar-refractivity contribution in [1.29, 1.82) is 0 Å². The Balaban J connectivity index is 1.93. The van der Waals surface area contributed by atoms with Crippen LogP contribution in [-0.4, -0.2) is 18.1 Å². The molecule has 0 radical (unpaired) electrons. The van der Waals surface area contributed by atoms with E-state index in [1.165, 1.54) is 13.5 Å². The van der Waals surface area contributed by atoms with Crippen molar-refractivity contribution in [2.45, 2.75) is 51.4 Å². The molecule has 4 heteroatoms. The van der Waals surface area contributed by atoms with Crippen LogP contribution >= 0.6 is 0 Å². The Bertz CT molecular complexity index is 502. The Labute approximate surface area is 113 Å². The van der Waals surface area contributed by atoms with Gasteiger partial charge < -0.3 is 9.15 Å².